The Kier molecular flexibility index (Phi) is 4.27. The number of hydrogen-bond acceptors (Lipinski definition) is 6. The molecule has 0 unspecified atom stereocenters. The Bertz CT molecular complexity index is 417. The molecule has 0 aliphatic rings. The van der Waals surface area contributed by atoms with Gasteiger partial charge in [0.25, 0.3) is 0 Å². The Morgan fingerprint density at radius 1 is 1.05 bits per heavy atom. The molecule has 1 rings (SSSR count). The molecule has 0 fully saturated rings. The van der Waals surface area contributed by atoms with Crippen LogP contribution < -0.4 is 14.8 Å². The summed E-state index contributed by atoms with van der Waals surface area (Å²) in [6.45, 7) is -1.94. The van der Waals surface area contributed by atoms with E-state index in [1.54, 1.807) is 0 Å². The van der Waals surface area contributed by atoms with Crippen molar-refractivity contribution in [2.75, 3.05) is 26.1 Å². The van der Waals surface area contributed by atoms with Gasteiger partial charge in [0.05, 0.1) is 7.11 Å². The number of alkyl halides is 5. The van der Waals surface area contributed by atoms with E-state index in [-0.39, 0.29) is 12.0 Å². The molecular formula is C8H9F5N4O2. The molecule has 0 spiro atoms. The van der Waals surface area contributed by atoms with Gasteiger partial charge in [0, 0.05) is 7.05 Å². The first-order chi connectivity index (χ1) is 8.69. The van der Waals surface area contributed by atoms with E-state index in [1.807, 2.05) is 0 Å². The minimum absolute atomic E-state index is 0.0998. The van der Waals surface area contributed by atoms with Gasteiger partial charge in [-0.25, -0.2) is 0 Å². The molecule has 0 bridgehead atoms. The Labute approximate surface area is 104 Å². The van der Waals surface area contributed by atoms with E-state index in [9.17, 15) is 22.0 Å². The summed E-state index contributed by atoms with van der Waals surface area (Å²) in [7, 11) is 2.59. The average Bonchev–Trinajstić information content (AvgIpc) is 2.34. The minimum atomic E-state index is -5.71. The average molecular weight is 288 g/mol. The third-order valence-corrected chi connectivity index (χ3v) is 1.80. The van der Waals surface area contributed by atoms with Gasteiger partial charge in [0.2, 0.25) is 5.95 Å². The molecule has 108 valence electrons. The summed E-state index contributed by atoms with van der Waals surface area (Å²) < 4.78 is 69.8. The summed E-state index contributed by atoms with van der Waals surface area (Å²) in [5.74, 6) is -5.11. The SMILES string of the molecule is CNc1nc(OC)nc(OCC(F)(F)C(F)(F)F)n1. The molecule has 0 radical (unpaired) electrons. The number of anilines is 1. The van der Waals surface area contributed by atoms with Crippen molar-refractivity contribution in [1.82, 2.24) is 15.0 Å². The number of rotatable bonds is 5. The fourth-order valence-corrected chi connectivity index (χ4v) is 0.843. The molecule has 0 aromatic carbocycles. The maximum absolute atomic E-state index is 12.6. The van der Waals surface area contributed by atoms with Crippen molar-refractivity contribution in [1.29, 1.82) is 0 Å². The summed E-state index contributed by atoms with van der Waals surface area (Å²) >= 11 is 0. The van der Waals surface area contributed by atoms with Crippen LogP contribution in [0.5, 0.6) is 12.0 Å². The van der Waals surface area contributed by atoms with Crippen molar-refractivity contribution in [2.24, 2.45) is 0 Å². The van der Waals surface area contributed by atoms with E-state index in [0.29, 0.717) is 0 Å². The highest BCUT2D eigenvalue weighted by Crippen LogP contribution is 2.35. The molecule has 19 heavy (non-hydrogen) atoms. The van der Waals surface area contributed by atoms with Gasteiger partial charge in [-0.2, -0.15) is 31.9 Å². The number of aromatic nitrogens is 3. The molecule has 0 atom stereocenters. The second kappa shape index (κ2) is 5.36. The molecular weight excluding hydrogens is 279 g/mol. The molecule has 1 aromatic rings. The minimum Gasteiger partial charge on any atom is -0.467 e. The Morgan fingerprint density at radius 3 is 2.11 bits per heavy atom. The number of nitrogens with zero attached hydrogens (tertiary/aromatic N) is 3. The molecule has 0 saturated carbocycles. The lowest BCUT2D eigenvalue weighted by Gasteiger charge is -2.19. The van der Waals surface area contributed by atoms with E-state index >= 15 is 0 Å². The Hall–Kier alpha value is -1.94. The van der Waals surface area contributed by atoms with Crippen molar-refractivity contribution < 1.29 is 31.4 Å². The smallest absolute Gasteiger partial charge is 0.456 e. The number of methoxy groups -OCH3 is 1. The van der Waals surface area contributed by atoms with E-state index < -0.39 is 24.7 Å². The van der Waals surface area contributed by atoms with Crippen LogP contribution in [-0.2, 0) is 0 Å². The third kappa shape index (κ3) is 3.76. The first-order valence-electron chi connectivity index (χ1n) is 4.75. The molecule has 1 heterocycles. The predicted octanol–water partition coefficient (Wildman–Crippen LogP) is 1.50. The third-order valence-electron chi connectivity index (χ3n) is 1.80. The molecule has 6 nitrogen and oxygen atoms in total. The van der Waals surface area contributed by atoms with Gasteiger partial charge in [-0.05, 0) is 0 Å². The molecule has 0 aliphatic carbocycles. The fourth-order valence-electron chi connectivity index (χ4n) is 0.843. The number of nitrogens with one attached hydrogen (secondary N) is 1. The molecule has 11 heteroatoms. The van der Waals surface area contributed by atoms with E-state index in [4.69, 9.17) is 0 Å². The van der Waals surface area contributed by atoms with Crippen LogP contribution in [0.15, 0.2) is 0 Å². The molecule has 0 aliphatic heterocycles. The highest BCUT2D eigenvalue weighted by atomic mass is 19.4. The van der Waals surface area contributed by atoms with Gasteiger partial charge in [0.15, 0.2) is 6.61 Å². The Morgan fingerprint density at radius 2 is 1.63 bits per heavy atom. The van der Waals surface area contributed by atoms with Crippen LogP contribution in [-0.4, -0.2) is 47.8 Å². The Balaban J connectivity index is 2.83. The number of ether oxygens (including phenoxy) is 2. The zero-order valence-electron chi connectivity index (χ0n) is 9.76. The maximum Gasteiger partial charge on any atom is 0.456 e. The van der Waals surface area contributed by atoms with Gasteiger partial charge in [-0.15, -0.1) is 4.98 Å². The van der Waals surface area contributed by atoms with E-state index in [2.05, 4.69) is 29.7 Å². The fraction of sp³-hybridized carbons (Fsp3) is 0.625. The summed E-state index contributed by atoms with van der Waals surface area (Å²) in [5.41, 5.74) is 0. The van der Waals surface area contributed by atoms with Crippen molar-refractivity contribution >= 4 is 5.95 Å². The standard InChI is InChI=1S/C8H9F5N4O2/c1-14-4-15-5(18-2)17-6(16-4)19-3-7(9,10)8(11,12)13/h3H2,1-2H3,(H,14,15,16,17). The molecule has 0 amide bonds. The molecule has 0 saturated heterocycles. The van der Waals surface area contributed by atoms with Gasteiger partial charge >= 0.3 is 24.1 Å². The topological polar surface area (TPSA) is 69.2 Å². The molecule has 1 aromatic heterocycles. The number of hydrogen-bond donors (Lipinski definition) is 1. The van der Waals surface area contributed by atoms with Gasteiger partial charge in [0.1, 0.15) is 0 Å². The first kappa shape index (κ1) is 15.1. The van der Waals surface area contributed by atoms with Crippen molar-refractivity contribution in [3.63, 3.8) is 0 Å². The second-order valence-electron chi connectivity index (χ2n) is 3.17. The highest BCUT2D eigenvalue weighted by Gasteiger charge is 2.58. The van der Waals surface area contributed by atoms with Crippen LogP contribution in [0.1, 0.15) is 0 Å². The summed E-state index contributed by atoms with van der Waals surface area (Å²) in [6.07, 6.45) is -5.71. The van der Waals surface area contributed by atoms with Crippen LogP contribution in [0, 0.1) is 0 Å². The van der Waals surface area contributed by atoms with Gasteiger partial charge in [-0.3, -0.25) is 0 Å². The lowest BCUT2D eigenvalue weighted by atomic mass is 10.3. The monoisotopic (exact) mass is 288 g/mol. The summed E-state index contributed by atoms with van der Waals surface area (Å²) in [6, 6.07) is -0.996. The predicted molar refractivity (Wildman–Crippen MR) is 52.4 cm³/mol. The highest BCUT2D eigenvalue weighted by molar-refractivity contribution is 5.26. The second-order valence-corrected chi connectivity index (χ2v) is 3.17. The quantitative estimate of drug-likeness (QED) is 0.828. The van der Waals surface area contributed by atoms with E-state index in [0.717, 1.165) is 0 Å². The lowest BCUT2D eigenvalue weighted by molar-refractivity contribution is -0.290. The maximum atomic E-state index is 12.6. The normalized spacial score (nSPS) is 12.2. The van der Waals surface area contributed by atoms with Crippen LogP contribution in [0.3, 0.4) is 0 Å². The van der Waals surface area contributed by atoms with Gasteiger partial charge in [-0.1, -0.05) is 0 Å². The first-order valence-corrected chi connectivity index (χ1v) is 4.75. The largest absolute Gasteiger partial charge is 0.467 e. The van der Waals surface area contributed by atoms with Crippen LogP contribution in [0.25, 0.3) is 0 Å². The zero-order chi connectivity index (χ0) is 14.7. The summed E-state index contributed by atoms with van der Waals surface area (Å²) in [5, 5.41) is 2.44. The van der Waals surface area contributed by atoms with Crippen molar-refractivity contribution in [3.05, 3.63) is 0 Å². The lowest BCUT2D eigenvalue weighted by Crippen LogP contribution is -2.42. The van der Waals surface area contributed by atoms with E-state index in [1.165, 1.54) is 14.2 Å². The molecule has 1 N–H and O–H groups in total. The van der Waals surface area contributed by atoms with Crippen molar-refractivity contribution in [3.8, 4) is 12.0 Å². The van der Waals surface area contributed by atoms with Crippen molar-refractivity contribution in [2.45, 2.75) is 12.1 Å². The van der Waals surface area contributed by atoms with Crippen LogP contribution in [0.2, 0.25) is 0 Å². The summed E-state index contributed by atoms with van der Waals surface area (Å²) in [4.78, 5) is 10.4. The number of halogens is 5. The van der Waals surface area contributed by atoms with Crippen LogP contribution in [0.4, 0.5) is 27.9 Å². The van der Waals surface area contributed by atoms with Gasteiger partial charge < -0.3 is 14.8 Å². The zero-order valence-corrected chi connectivity index (χ0v) is 9.76. The van der Waals surface area contributed by atoms with Crippen LogP contribution >= 0.6 is 0 Å².